The SMILES string of the molecule is Cn1c([N+](=O)[O-])cnc1-c1ccc2ccc(Cl)cc2[n+]1[O-]. The van der Waals surface area contributed by atoms with Crippen molar-refractivity contribution in [1.82, 2.24) is 9.55 Å². The average Bonchev–Trinajstić information content (AvgIpc) is 2.82. The van der Waals surface area contributed by atoms with Crippen LogP contribution in [0.15, 0.2) is 36.5 Å². The van der Waals surface area contributed by atoms with Crippen molar-refractivity contribution in [2.24, 2.45) is 7.05 Å². The predicted molar refractivity (Wildman–Crippen MR) is 76.8 cm³/mol. The van der Waals surface area contributed by atoms with E-state index in [1.54, 1.807) is 30.3 Å². The molecule has 0 N–H and O–H groups in total. The van der Waals surface area contributed by atoms with Crippen molar-refractivity contribution in [3.8, 4) is 11.5 Å². The molecule has 106 valence electrons. The molecule has 0 aliphatic carbocycles. The van der Waals surface area contributed by atoms with Gasteiger partial charge in [0.25, 0.3) is 11.5 Å². The number of halogens is 1. The fraction of sp³-hybridized carbons (Fsp3) is 0.0769. The van der Waals surface area contributed by atoms with E-state index in [1.807, 2.05) is 0 Å². The number of fused-ring (bicyclic) bond motifs is 1. The maximum absolute atomic E-state index is 12.4. The van der Waals surface area contributed by atoms with Crippen molar-refractivity contribution >= 4 is 28.3 Å². The van der Waals surface area contributed by atoms with Crippen LogP contribution in [0.4, 0.5) is 5.82 Å². The second-order valence-electron chi connectivity index (χ2n) is 4.47. The highest BCUT2D eigenvalue weighted by atomic mass is 35.5. The van der Waals surface area contributed by atoms with E-state index in [2.05, 4.69) is 4.98 Å². The summed E-state index contributed by atoms with van der Waals surface area (Å²) >= 11 is 5.90. The highest BCUT2D eigenvalue weighted by Crippen LogP contribution is 2.23. The van der Waals surface area contributed by atoms with Gasteiger partial charge in [0, 0.05) is 22.5 Å². The molecule has 0 spiro atoms. The van der Waals surface area contributed by atoms with Gasteiger partial charge in [-0.15, -0.1) is 0 Å². The van der Waals surface area contributed by atoms with Crippen LogP contribution in [0.2, 0.25) is 5.02 Å². The lowest BCUT2D eigenvalue weighted by atomic mass is 10.2. The minimum absolute atomic E-state index is 0.184. The van der Waals surface area contributed by atoms with Crippen LogP contribution in [-0.2, 0) is 7.05 Å². The molecule has 0 saturated carbocycles. The molecule has 0 bridgehead atoms. The van der Waals surface area contributed by atoms with Crippen LogP contribution in [0.1, 0.15) is 0 Å². The molecule has 3 aromatic rings. The van der Waals surface area contributed by atoms with Crippen LogP contribution in [0.3, 0.4) is 0 Å². The van der Waals surface area contributed by atoms with Gasteiger partial charge in [-0.3, -0.25) is 0 Å². The van der Waals surface area contributed by atoms with Gasteiger partial charge in [-0.25, -0.2) is 9.55 Å². The Balaban J connectivity index is 2.26. The van der Waals surface area contributed by atoms with Gasteiger partial charge in [-0.05, 0) is 23.1 Å². The summed E-state index contributed by atoms with van der Waals surface area (Å²) in [5, 5.41) is 24.5. The lowest BCUT2D eigenvalue weighted by molar-refractivity contribution is -0.565. The number of rotatable bonds is 2. The lowest BCUT2D eigenvalue weighted by Gasteiger charge is -2.06. The summed E-state index contributed by atoms with van der Waals surface area (Å²) in [5.41, 5.74) is 0.603. The Hall–Kier alpha value is -2.67. The molecule has 0 amide bonds. The highest BCUT2D eigenvalue weighted by Gasteiger charge is 2.25. The Kier molecular flexibility index (Phi) is 2.99. The fourth-order valence-electron chi connectivity index (χ4n) is 2.17. The molecular formula is C13H9ClN4O3. The number of benzene rings is 1. The summed E-state index contributed by atoms with van der Waals surface area (Å²) in [6.45, 7) is 0. The zero-order valence-corrected chi connectivity index (χ0v) is 11.6. The highest BCUT2D eigenvalue weighted by molar-refractivity contribution is 6.31. The summed E-state index contributed by atoms with van der Waals surface area (Å²) in [6.07, 6.45) is 1.12. The van der Waals surface area contributed by atoms with E-state index in [1.165, 1.54) is 11.6 Å². The van der Waals surface area contributed by atoms with Gasteiger partial charge < -0.3 is 15.3 Å². The Morgan fingerprint density at radius 1 is 1.33 bits per heavy atom. The number of aromatic nitrogens is 3. The number of hydrogen-bond acceptors (Lipinski definition) is 4. The first kappa shape index (κ1) is 13.3. The zero-order valence-electron chi connectivity index (χ0n) is 10.9. The molecule has 0 fully saturated rings. The molecule has 2 aromatic heterocycles. The van der Waals surface area contributed by atoms with Crippen LogP contribution in [0, 0.1) is 15.3 Å². The monoisotopic (exact) mass is 304 g/mol. The lowest BCUT2D eigenvalue weighted by Crippen LogP contribution is -2.31. The van der Waals surface area contributed by atoms with Crippen LogP contribution < -0.4 is 4.73 Å². The standard InChI is InChI=1S/C13H9ClN4O3/c1-16-12(18(20)21)7-15-13(16)10-5-3-8-2-4-9(14)6-11(8)17(10)19/h2-7H,1H3. The Morgan fingerprint density at radius 2 is 2.05 bits per heavy atom. The molecule has 0 saturated heterocycles. The summed E-state index contributed by atoms with van der Waals surface area (Å²) in [7, 11) is 1.49. The van der Waals surface area contributed by atoms with Crippen molar-refractivity contribution in [3.05, 3.63) is 56.9 Å². The van der Waals surface area contributed by atoms with E-state index in [0.29, 0.717) is 15.3 Å². The Bertz CT molecular complexity index is 875. The van der Waals surface area contributed by atoms with Crippen LogP contribution in [0.5, 0.6) is 0 Å². The van der Waals surface area contributed by atoms with Gasteiger partial charge in [-0.2, -0.15) is 4.73 Å². The summed E-state index contributed by atoms with van der Waals surface area (Å²) < 4.78 is 1.94. The van der Waals surface area contributed by atoms with Crippen molar-refractivity contribution in [3.63, 3.8) is 0 Å². The first-order valence-electron chi connectivity index (χ1n) is 5.97. The zero-order chi connectivity index (χ0) is 15.1. The third kappa shape index (κ3) is 2.07. The van der Waals surface area contributed by atoms with Gasteiger partial charge in [-0.1, -0.05) is 11.6 Å². The van der Waals surface area contributed by atoms with E-state index in [9.17, 15) is 15.3 Å². The van der Waals surface area contributed by atoms with Crippen LogP contribution in [-0.4, -0.2) is 14.5 Å². The van der Waals surface area contributed by atoms with Crippen molar-refractivity contribution in [2.75, 3.05) is 0 Å². The number of imidazole rings is 1. The van der Waals surface area contributed by atoms with Crippen LogP contribution >= 0.6 is 11.6 Å². The summed E-state index contributed by atoms with van der Waals surface area (Å²) in [5.74, 6) is 0.0368. The minimum Gasteiger partial charge on any atom is -0.618 e. The van der Waals surface area contributed by atoms with Gasteiger partial charge >= 0.3 is 5.82 Å². The van der Waals surface area contributed by atoms with Gasteiger partial charge in [0.05, 0.1) is 7.05 Å². The molecule has 7 nitrogen and oxygen atoms in total. The fourth-order valence-corrected chi connectivity index (χ4v) is 2.34. The van der Waals surface area contributed by atoms with E-state index >= 15 is 0 Å². The van der Waals surface area contributed by atoms with Crippen molar-refractivity contribution in [2.45, 2.75) is 0 Å². The number of nitro groups is 1. The summed E-state index contributed by atoms with van der Waals surface area (Å²) in [6, 6.07) is 8.29. The van der Waals surface area contributed by atoms with E-state index in [0.717, 1.165) is 11.6 Å². The van der Waals surface area contributed by atoms with Crippen molar-refractivity contribution < 1.29 is 9.65 Å². The molecule has 3 rings (SSSR count). The van der Waals surface area contributed by atoms with Gasteiger partial charge in [0.2, 0.25) is 5.52 Å². The number of nitrogens with zero attached hydrogens (tertiary/aromatic N) is 4. The second-order valence-corrected chi connectivity index (χ2v) is 4.91. The third-order valence-corrected chi connectivity index (χ3v) is 3.47. The van der Waals surface area contributed by atoms with Crippen molar-refractivity contribution in [1.29, 1.82) is 0 Å². The minimum atomic E-state index is -0.552. The topological polar surface area (TPSA) is 87.9 Å². The van der Waals surface area contributed by atoms with E-state index in [4.69, 9.17) is 11.6 Å². The maximum atomic E-state index is 12.4. The predicted octanol–water partition coefficient (Wildman–Crippen LogP) is 2.44. The molecule has 0 aliphatic heterocycles. The normalized spacial score (nSPS) is 11.0. The average molecular weight is 305 g/mol. The largest absolute Gasteiger partial charge is 0.618 e. The number of pyridine rings is 1. The molecule has 0 unspecified atom stereocenters. The van der Waals surface area contributed by atoms with Gasteiger partial charge in [0.15, 0.2) is 0 Å². The second kappa shape index (κ2) is 4.71. The Morgan fingerprint density at radius 3 is 2.71 bits per heavy atom. The molecule has 21 heavy (non-hydrogen) atoms. The van der Waals surface area contributed by atoms with Gasteiger partial charge in [0.1, 0.15) is 6.20 Å². The number of hydrogen-bond donors (Lipinski definition) is 0. The smallest absolute Gasteiger partial charge is 0.343 e. The maximum Gasteiger partial charge on any atom is 0.343 e. The molecule has 1 aromatic carbocycles. The first-order chi connectivity index (χ1) is 9.99. The Labute approximate surface area is 123 Å². The molecule has 0 atom stereocenters. The summed E-state index contributed by atoms with van der Waals surface area (Å²) in [4.78, 5) is 14.3. The van der Waals surface area contributed by atoms with Crippen LogP contribution in [0.25, 0.3) is 22.4 Å². The molecule has 2 heterocycles. The molecule has 0 aliphatic rings. The third-order valence-electron chi connectivity index (χ3n) is 3.23. The molecule has 0 radical (unpaired) electrons. The quantitative estimate of drug-likeness (QED) is 0.315. The molecular weight excluding hydrogens is 296 g/mol. The van der Waals surface area contributed by atoms with E-state index < -0.39 is 4.92 Å². The molecule has 8 heteroatoms. The van der Waals surface area contributed by atoms with E-state index in [-0.39, 0.29) is 17.3 Å². The first-order valence-corrected chi connectivity index (χ1v) is 6.35.